The number of amides is 1. The number of tetrazole rings is 1. The summed E-state index contributed by atoms with van der Waals surface area (Å²) in [7, 11) is 0. The third-order valence-electron chi connectivity index (χ3n) is 3.60. The van der Waals surface area contributed by atoms with Gasteiger partial charge in [-0.2, -0.15) is 0 Å². The van der Waals surface area contributed by atoms with Crippen LogP contribution in [0.25, 0.3) is 5.52 Å². The van der Waals surface area contributed by atoms with Gasteiger partial charge in [0.05, 0.1) is 5.52 Å². The van der Waals surface area contributed by atoms with Crippen molar-refractivity contribution in [2.45, 2.75) is 0 Å². The largest absolute Gasteiger partial charge is 1.00 e. The molecule has 0 aliphatic carbocycles. The molecule has 0 aliphatic rings. The molecule has 11 heteroatoms. The summed E-state index contributed by atoms with van der Waals surface area (Å²) in [6, 6.07) is 15.7. The van der Waals surface area contributed by atoms with E-state index in [1.807, 2.05) is 18.2 Å². The first-order valence-electron chi connectivity index (χ1n) is 7.60. The Morgan fingerprint density at radius 3 is 2.57 bits per heavy atom. The van der Waals surface area contributed by atoms with Gasteiger partial charge >= 0.3 is 29.6 Å². The Hall–Kier alpha value is -3.05. The Morgan fingerprint density at radius 2 is 1.86 bits per heavy atom. The zero-order chi connectivity index (χ0) is 17.9. The van der Waals surface area contributed by atoms with Crippen LogP contribution in [-0.2, 0) is 0 Å². The molecule has 1 aromatic carbocycles. The first kappa shape index (κ1) is 21.3. The van der Waals surface area contributed by atoms with Crippen LogP contribution in [0.3, 0.4) is 0 Å². The molecule has 0 saturated heterocycles. The van der Waals surface area contributed by atoms with Crippen molar-refractivity contribution in [2.24, 2.45) is 0 Å². The molecule has 4 aromatic rings. The van der Waals surface area contributed by atoms with Gasteiger partial charge in [-0.25, -0.2) is 5.10 Å². The number of ether oxygens (including phenoxy) is 1. The minimum absolute atomic E-state index is 0. The summed E-state index contributed by atoms with van der Waals surface area (Å²) in [5.41, 5.74) is -0.0822. The summed E-state index contributed by atoms with van der Waals surface area (Å²) in [6.07, 6.45) is 1.56. The molecule has 1 amide bonds. The van der Waals surface area contributed by atoms with Crippen molar-refractivity contribution >= 4 is 17.4 Å². The summed E-state index contributed by atoms with van der Waals surface area (Å²) >= 11 is 0. The molecule has 0 atom stereocenters. The smallest absolute Gasteiger partial charge is 0.455 e. The Bertz CT molecular complexity index is 1130. The van der Waals surface area contributed by atoms with Gasteiger partial charge in [-0.15, -0.1) is 0 Å². The molecule has 0 unspecified atom stereocenters. The second kappa shape index (κ2) is 9.24. The maximum atomic E-state index is 12.7. The Labute approximate surface area is 180 Å². The van der Waals surface area contributed by atoms with E-state index in [1.165, 1.54) is 10.5 Å². The van der Waals surface area contributed by atoms with Crippen molar-refractivity contribution in [1.29, 1.82) is 0 Å². The summed E-state index contributed by atoms with van der Waals surface area (Å²) in [5.74, 6) is 0.177. The predicted octanol–water partition coefficient (Wildman–Crippen LogP) is -2.33. The fourth-order valence-corrected chi connectivity index (χ4v) is 2.44. The van der Waals surface area contributed by atoms with Gasteiger partial charge in [-0.1, -0.05) is 24.3 Å². The molecule has 136 valence electrons. The quantitative estimate of drug-likeness (QED) is 0.386. The number of anilines is 1. The number of para-hydroxylation sites is 1. The fourth-order valence-electron chi connectivity index (χ4n) is 2.44. The molecule has 0 saturated carbocycles. The molecular formula is C17H13N6NaO4. The van der Waals surface area contributed by atoms with Crippen LogP contribution in [0.5, 0.6) is 11.5 Å². The topological polar surface area (TPSA) is 144 Å². The Balaban J connectivity index is 0.00000140. The zero-order valence-electron chi connectivity index (χ0n) is 14.7. The van der Waals surface area contributed by atoms with Crippen molar-refractivity contribution in [3.05, 3.63) is 76.7 Å². The monoisotopic (exact) mass is 388 g/mol. The molecule has 3 aromatic heterocycles. The summed E-state index contributed by atoms with van der Waals surface area (Å²) in [5, 5.41) is 16.0. The number of carbonyl (C=O) groups excluding carboxylic acids is 1. The fraction of sp³-hybridized carbons (Fsp3) is 0. The van der Waals surface area contributed by atoms with Crippen LogP contribution in [0.4, 0.5) is 5.95 Å². The van der Waals surface area contributed by atoms with Crippen LogP contribution in [0.15, 0.2) is 65.6 Å². The van der Waals surface area contributed by atoms with Gasteiger partial charge in [-0.05, 0) is 24.3 Å². The van der Waals surface area contributed by atoms with Crippen molar-refractivity contribution in [1.82, 2.24) is 25.0 Å². The number of nitrogens with zero attached hydrogens (tertiary/aromatic N) is 5. The van der Waals surface area contributed by atoms with E-state index in [4.69, 9.17) is 4.74 Å². The van der Waals surface area contributed by atoms with Crippen molar-refractivity contribution < 1.29 is 44.6 Å². The molecule has 10 nitrogen and oxygen atoms in total. The molecule has 0 aliphatic heterocycles. The molecule has 0 bridgehead atoms. The van der Waals surface area contributed by atoms with Crippen molar-refractivity contribution in [2.75, 3.05) is 5.32 Å². The van der Waals surface area contributed by atoms with Crippen molar-refractivity contribution in [3.8, 4) is 11.5 Å². The van der Waals surface area contributed by atoms with E-state index in [1.54, 1.807) is 36.5 Å². The van der Waals surface area contributed by atoms with E-state index in [-0.39, 0.29) is 46.5 Å². The van der Waals surface area contributed by atoms with E-state index in [0.717, 1.165) is 0 Å². The van der Waals surface area contributed by atoms with Crippen LogP contribution in [-0.4, -0.2) is 31.2 Å². The summed E-state index contributed by atoms with van der Waals surface area (Å²) in [4.78, 5) is 25.1. The SMILES string of the molecule is O.O=C(Nc1nn[n-]n1)c1cc(Oc2ccccc2)c2ccccn2c1=O.[Na+]. The maximum absolute atomic E-state index is 12.7. The molecule has 3 N–H and O–H groups in total. The summed E-state index contributed by atoms with van der Waals surface area (Å²) in [6.45, 7) is 0. The van der Waals surface area contributed by atoms with Gasteiger partial charge in [0.15, 0.2) is 5.75 Å². The second-order valence-electron chi connectivity index (χ2n) is 5.26. The van der Waals surface area contributed by atoms with Crippen molar-refractivity contribution in [3.63, 3.8) is 0 Å². The van der Waals surface area contributed by atoms with Gasteiger partial charge in [0.1, 0.15) is 17.3 Å². The first-order valence-corrected chi connectivity index (χ1v) is 7.60. The van der Waals surface area contributed by atoms with Crippen LogP contribution in [0.2, 0.25) is 0 Å². The van der Waals surface area contributed by atoms with Gasteiger partial charge in [0, 0.05) is 12.3 Å². The number of fused-ring (bicyclic) bond motifs is 1. The minimum atomic E-state index is -0.680. The molecule has 0 radical (unpaired) electrons. The van der Waals surface area contributed by atoms with Gasteiger partial charge in [-0.3, -0.25) is 24.4 Å². The predicted molar refractivity (Wildman–Crippen MR) is 94.9 cm³/mol. The number of pyridine rings is 2. The minimum Gasteiger partial charge on any atom is -0.455 e. The average molecular weight is 388 g/mol. The standard InChI is InChI=1S/C17H12N6O3.Na.H2O/c24-15(18-17-19-21-22-20-17)12-10-14(26-11-6-2-1-3-7-11)13-8-4-5-9-23(13)16(12)25;;/h1-10H,(H2,18,19,20,21,22,24);;1H2/q;+1;/p-1. The van der Waals surface area contributed by atoms with Gasteiger partial charge < -0.3 is 20.6 Å². The van der Waals surface area contributed by atoms with E-state index in [2.05, 4.69) is 25.9 Å². The van der Waals surface area contributed by atoms with E-state index < -0.39 is 11.5 Å². The van der Waals surface area contributed by atoms with Crippen LogP contribution < -0.4 is 50.4 Å². The molecule has 28 heavy (non-hydrogen) atoms. The molecule has 3 heterocycles. The number of benzene rings is 1. The number of nitrogens with one attached hydrogen (secondary N) is 1. The number of carbonyl (C=O) groups is 1. The third kappa shape index (κ3) is 4.26. The van der Waals surface area contributed by atoms with Crippen LogP contribution in [0, 0.1) is 0 Å². The number of aromatic nitrogens is 5. The zero-order valence-corrected chi connectivity index (χ0v) is 16.7. The Morgan fingerprint density at radius 1 is 1.11 bits per heavy atom. The normalized spacial score (nSPS) is 9.86. The van der Waals surface area contributed by atoms with E-state index in [9.17, 15) is 9.59 Å². The molecule has 0 spiro atoms. The van der Waals surface area contributed by atoms with E-state index in [0.29, 0.717) is 17.0 Å². The van der Waals surface area contributed by atoms with Crippen LogP contribution >= 0.6 is 0 Å². The molecular weight excluding hydrogens is 375 g/mol. The molecule has 0 fully saturated rings. The number of hydrogen-bond acceptors (Lipinski definition) is 6. The number of hydrogen-bond donors (Lipinski definition) is 1. The Kier molecular flexibility index (Phi) is 7.01. The third-order valence-corrected chi connectivity index (χ3v) is 3.60. The molecule has 4 rings (SSSR count). The van der Waals surface area contributed by atoms with Crippen LogP contribution in [0.1, 0.15) is 10.4 Å². The maximum Gasteiger partial charge on any atom is 1.00 e. The first-order chi connectivity index (χ1) is 12.7. The summed E-state index contributed by atoms with van der Waals surface area (Å²) < 4.78 is 7.22. The average Bonchev–Trinajstić information content (AvgIpc) is 3.18. The van der Waals surface area contributed by atoms with Gasteiger partial charge in [0.2, 0.25) is 0 Å². The van der Waals surface area contributed by atoms with E-state index >= 15 is 0 Å². The second-order valence-corrected chi connectivity index (χ2v) is 5.26. The number of rotatable bonds is 4. The van der Waals surface area contributed by atoms with Gasteiger partial charge in [0.25, 0.3) is 11.5 Å².